The van der Waals surface area contributed by atoms with E-state index in [-0.39, 0.29) is 13.0 Å². The van der Waals surface area contributed by atoms with E-state index in [1.165, 1.54) is 0 Å². The Morgan fingerprint density at radius 3 is 2.47 bits per heavy atom. The molecule has 0 heterocycles. The van der Waals surface area contributed by atoms with E-state index in [4.69, 9.17) is 14.6 Å². The van der Waals surface area contributed by atoms with E-state index in [1.54, 1.807) is 38.3 Å². The molecule has 0 amide bonds. The topological polar surface area (TPSA) is 79.2 Å². The van der Waals surface area contributed by atoms with Crippen molar-refractivity contribution in [3.8, 4) is 11.5 Å². The highest BCUT2D eigenvalue weighted by Crippen LogP contribution is 2.31. The third kappa shape index (κ3) is 4.33. The normalized spacial score (nSPS) is 11.8. The standard InChI is InChI=1S/C13H19NO5/c1-14(8-10(15)7-13(16)17)9-4-5-11(18-2)12(6-9)19-3/h4-6,10,15H,7-8H2,1-3H3,(H,16,17). The number of carboxylic acids is 1. The van der Waals surface area contributed by atoms with Gasteiger partial charge in [-0.25, -0.2) is 0 Å². The second-order valence-electron chi connectivity index (χ2n) is 4.17. The lowest BCUT2D eigenvalue weighted by molar-refractivity contribution is -0.139. The zero-order valence-corrected chi connectivity index (χ0v) is 11.3. The first kappa shape index (κ1) is 15.1. The highest BCUT2D eigenvalue weighted by Gasteiger charge is 2.14. The summed E-state index contributed by atoms with van der Waals surface area (Å²) < 4.78 is 10.3. The number of likely N-dealkylation sites (N-methyl/N-ethyl adjacent to an activating group) is 1. The van der Waals surface area contributed by atoms with Crippen molar-refractivity contribution in [2.75, 3.05) is 32.7 Å². The number of hydrogen-bond donors (Lipinski definition) is 2. The predicted octanol–water partition coefficient (Wildman–Crippen LogP) is 0.976. The molecule has 0 aromatic heterocycles. The summed E-state index contributed by atoms with van der Waals surface area (Å²) in [6, 6.07) is 5.34. The summed E-state index contributed by atoms with van der Waals surface area (Å²) in [5, 5.41) is 18.2. The lowest BCUT2D eigenvalue weighted by Gasteiger charge is -2.23. The van der Waals surface area contributed by atoms with Gasteiger partial charge in [0.05, 0.1) is 26.7 Å². The van der Waals surface area contributed by atoms with Gasteiger partial charge in [0.2, 0.25) is 0 Å². The molecule has 1 unspecified atom stereocenters. The van der Waals surface area contributed by atoms with Crippen molar-refractivity contribution in [3.63, 3.8) is 0 Å². The van der Waals surface area contributed by atoms with Gasteiger partial charge in [-0.1, -0.05) is 0 Å². The number of aliphatic hydroxyl groups is 1. The van der Waals surface area contributed by atoms with E-state index in [1.807, 2.05) is 6.07 Å². The fourth-order valence-electron chi connectivity index (χ4n) is 1.75. The van der Waals surface area contributed by atoms with Crippen LogP contribution in [0.15, 0.2) is 18.2 Å². The van der Waals surface area contributed by atoms with Crippen LogP contribution in [0.2, 0.25) is 0 Å². The number of benzene rings is 1. The van der Waals surface area contributed by atoms with E-state index >= 15 is 0 Å². The molecule has 0 saturated carbocycles. The zero-order chi connectivity index (χ0) is 14.4. The Balaban J connectivity index is 2.76. The first-order valence-electron chi connectivity index (χ1n) is 5.81. The van der Waals surface area contributed by atoms with Gasteiger partial charge in [0, 0.05) is 25.3 Å². The van der Waals surface area contributed by atoms with Gasteiger partial charge >= 0.3 is 5.97 Å². The second-order valence-corrected chi connectivity index (χ2v) is 4.17. The molecule has 6 nitrogen and oxygen atoms in total. The van der Waals surface area contributed by atoms with Gasteiger partial charge in [0.25, 0.3) is 0 Å². The van der Waals surface area contributed by atoms with Crippen molar-refractivity contribution in [2.24, 2.45) is 0 Å². The third-order valence-electron chi connectivity index (χ3n) is 2.70. The molecule has 0 radical (unpaired) electrons. The number of nitrogens with zero attached hydrogens (tertiary/aromatic N) is 1. The molecule has 19 heavy (non-hydrogen) atoms. The van der Waals surface area contributed by atoms with Gasteiger partial charge in [-0.3, -0.25) is 4.79 Å². The molecule has 0 fully saturated rings. The van der Waals surface area contributed by atoms with E-state index in [2.05, 4.69) is 0 Å². The van der Waals surface area contributed by atoms with Crippen LogP contribution in [-0.2, 0) is 4.79 Å². The summed E-state index contributed by atoms with van der Waals surface area (Å²) in [6.07, 6.45) is -1.20. The number of carboxylic acid groups (broad SMARTS) is 1. The fraction of sp³-hybridized carbons (Fsp3) is 0.462. The number of aliphatic hydroxyl groups excluding tert-OH is 1. The zero-order valence-electron chi connectivity index (χ0n) is 11.3. The largest absolute Gasteiger partial charge is 0.493 e. The maximum Gasteiger partial charge on any atom is 0.306 e. The summed E-state index contributed by atoms with van der Waals surface area (Å²) in [5.74, 6) is 0.179. The summed E-state index contributed by atoms with van der Waals surface area (Å²) in [6.45, 7) is 0.224. The molecule has 1 atom stereocenters. The van der Waals surface area contributed by atoms with Crippen LogP contribution in [0.5, 0.6) is 11.5 Å². The van der Waals surface area contributed by atoms with Crippen LogP contribution in [0, 0.1) is 0 Å². The average molecular weight is 269 g/mol. The lowest BCUT2D eigenvalue weighted by atomic mass is 10.2. The van der Waals surface area contributed by atoms with Gasteiger partial charge in [-0.2, -0.15) is 0 Å². The van der Waals surface area contributed by atoms with E-state index in [9.17, 15) is 9.90 Å². The maximum absolute atomic E-state index is 10.5. The molecule has 0 spiro atoms. The van der Waals surface area contributed by atoms with Crippen molar-refractivity contribution in [1.82, 2.24) is 0 Å². The van der Waals surface area contributed by atoms with Crippen molar-refractivity contribution in [1.29, 1.82) is 0 Å². The van der Waals surface area contributed by atoms with Crippen LogP contribution in [0.1, 0.15) is 6.42 Å². The Morgan fingerprint density at radius 1 is 1.32 bits per heavy atom. The molecule has 0 aliphatic heterocycles. The van der Waals surface area contributed by atoms with Gasteiger partial charge in [0.1, 0.15) is 0 Å². The Morgan fingerprint density at radius 2 is 1.95 bits per heavy atom. The third-order valence-corrected chi connectivity index (χ3v) is 2.70. The molecule has 1 aromatic rings. The monoisotopic (exact) mass is 269 g/mol. The molecule has 0 bridgehead atoms. The molecule has 1 rings (SSSR count). The van der Waals surface area contributed by atoms with E-state index < -0.39 is 12.1 Å². The van der Waals surface area contributed by atoms with Crippen molar-refractivity contribution >= 4 is 11.7 Å². The fourth-order valence-corrected chi connectivity index (χ4v) is 1.75. The highest BCUT2D eigenvalue weighted by atomic mass is 16.5. The first-order chi connectivity index (χ1) is 8.97. The van der Waals surface area contributed by atoms with Crippen LogP contribution < -0.4 is 14.4 Å². The first-order valence-corrected chi connectivity index (χ1v) is 5.81. The Labute approximate surface area is 112 Å². The van der Waals surface area contributed by atoms with Crippen LogP contribution in [0.3, 0.4) is 0 Å². The molecule has 6 heteroatoms. The SMILES string of the molecule is COc1ccc(N(C)CC(O)CC(=O)O)cc1OC. The van der Waals surface area contributed by atoms with Crippen LogP contribution in [-0.4, -0.2) is 50.1 Å². The Kier molecular flexibility index (Phi) is 5.44. The van der Waals surface area contributed by atoms with Crippen molar-refractivity contribution in [3.05, 3.63) is 18.2 Å². The molecule has 0 aliphatic rings. The van der Waals surface area contributed by atoms with Crippen LogP contribution in [0.25, 0.3) is 0 Å². The molecular formula is C13H19NO5. The van der Waals surface area contributed by atoms with Gasteiger partial charge < -0.3 is 24.6 Å². The van der Waals surface area contributed by atoms with Crippen LogP contribution >= 0.6 is 0 Å². The van der Waals surface area contributed by atoms with Crippen molar-refractivity contribution < 1.29 is 24.5 Å². The maximum atomic E-state index is 10.5. The summed E-state index contributed by atoms with van der Waals surface area (Å²) in [7, 11) is 4.87. The summed E-state index contributed by atoms with van der Waals surface area (Å²) in [4.78, 5) is 12.3. The minimum Gasteiger partial charge on any atom is -0.493 e. The van der Waals surface area contributed by atoms with Gasteiger partial charge in [-0.15, -0.1) is 0 Å². The smallest absolute Gasteiger partial charge is 0.306 e. The summed E-state index contributed by atoms with van der Waals surface area (Å²) in [5.41, 5.74) is 0.807. The Bertz CT molecular complexity index is 435. The number of aliphatic carboxylic acids is 1. The minimum atomic E-state index is -1.02. The van der Waals surface area contributed by atoms with E-state index in [0.29, 0.717) is 11.5 Å². The minimum absolute atomic E-state index is 0.224. The second kappa shape index (κ2) is 6.84. The summed E-state index contributed by atoms with van der Waals surface area (Å²) >= 11 is 0. The molecule has 0 aliphatic carbocycles. The highest BCUT2D eigenvalue weighted by molar-refractivity contribution is 5.67. The molecule has 1 aromatic carbocycles. The number of carbonyl (C=O) groups is 1. The van der Waals surface area contributed by atoms with Crippen LogP contribution in [0.4, 0.5) is 5.69 Å². The molecule has 106 valence electrons. The van der Waals surface area contributed by atoms with E-state index in [0.717, 1.165) is 5.69 Å². The average Bonchev–Trinajstić information content (AvgIpc) is 2.36. The number of anilines is 1. The van der Waals surface area contributed by atoms with Gasteiger partial charge in [0.15, 0.2) is 11.5 Å². The lowest BCUT2D eigenvalue weighted by Crippen LogP contribution is -2.30. The number of hydrogen-bond acceptors (Lipinski definition) is 5. The Hall–Kier alpha value is -1.95. The number of ether oxygens (including phenoxy) is 2. The quantitative estimate of drug-likeness (QED) is 0.768. The number of rotatable bonds is 7. The number of methoxy groups -OCH3 is 2. The molecular weight excluding hydrogens is 250 g/mol. The molecule has 0 saturated heterocycles. The molecule has 2 N–H and O–H groups in total. The van der Waals surface area contributed by atoms with Gasteiger partial charge in [-0.05, 0) is 12.1 Å². The predicted molar refractivity (Wildman–Crippen MR) is 71.1 cm³/mol. The van der Waals surface area contributed by atoms with Crippen molar-refractivity contribution in [2.45, 2.75) is 12.5 Å².